The van der Waals surface area contributed by atoms with Crippen LogP contribution in [0.3, 0.4) is 0 Å². The summed E-state index contributed by atoms with van der Waals surface area (Å²) in [5.74, 6) is -0.382. The molecule has 0 saturated heterocycles. The molecule has 0 aliphatic rings. The van der Waals surface area contributed by atoms with Gasteiger partial charge in [0.25, 0.3) is 0 Å². The van der Waals surface area contributed by atoms with Gasteiger partial charge in [-0.3, -0.25) is 4.79 Å². The van der Waals surface area contributed by atoms with E-state index < -0.39 is 6.04 Å². The summed E-state index contributed by atoms with van der Waals surface area (Å²) < 4.78 is 9.98. The van der Waals surface area contributed by atoms with Gasteiger partial charge in [0.2, 0.25) is 0 Å². The zero-order valence-electron chi connectivity index (χ0n) is 9.55. The van der Waals surface area contributed by atoms with Crippen molar-refractivity contribution in [3.63, 3.8) is 0 Å². The Kier molecular flexibility index (Phi) is 3.39. The van der Waals surface area contributed by atoms with E-state index >= 15 is 0 Å². The largest absolute Gasteiger partial charge is 0.465 e. The zero-order chi connectivity index (χ0) is 12.3. The Morgan fingerprint density at radius 1 is 1.59 bits per heavy atom. The Bertz CT molecular complexity index is 521. The lowest BCUT2D eigenvalue weighted by atomic mass is 10.1. The van der Waals surface area contributed by atoms with Crippen molar-refractivity contribution in [1.82, 2.24) is 4.98 Å². The second-order valence-corrected chi connectivity index (χ2v) is 3.72. The monoisotopic (exact) mass is 234 g/mol. The first-order chi connectivity index (χ1) is 8.20. The van der Waals surface area contributed by atoms with Crippen molar-refractivity contribution in [3.05, 3.63) is 30.2 Å². The van der Waals surface area contributed by atoms with Crippen LogP contribution >= 0.6 is 0 Å². The highest BCUT2D eigenvalue weighted by molar-refractivity contribution is 5.77. The van der Waals surface area contributed by atoms with Gasteiger partial charge in [0.15, 0.2) is 12.0 Å². The van der Waals surface area contributed by atoms with Gasteiger partial charge in [-0.2, -0.15) is 0 Å². The summed E-state index contributed by atoms with van der Waals surface area (Å²) in [7, 11) is 0. The number of carbonyl (C=O) groups is 1. The molecule has 0 amide bonds. The fourth-order valence-corrected chi connectivity index (χ4v) is 1.62. The number of nitrogens with zero attached hydrogens (tertiary/aromatic N) is 1. The molecule has 1 aromatic carbocycles. The SMILES string of the molecule is CCOC(=O)C(N)Cc1ccc2ocnc2c1. The normalized spacial score (nSPS) is 12.6. The van der Waals surface area contributed by atoms with E-state index in [1.54, 1.807) is 6.92 Å². The standard InChI is InChI=1S/C12H14N2O3/c1-2-16-12(15)9(13)5-8-3-4-11-10(6-8)14-7-17-11/h3-4,6-7,9H,2,5,13H2,1H3. The first kappa shape index (κ1) is 11.6. The molecule has 2 N–H and O–H groups in total. The summed E-state index contributed by atoms with van der Waals surface area (Å²) in [4.78, 5) is 15.4. The van der Waals surface area contributed by atoms with Crippen LogP contribution in [-0.4, -0.2) is 23.6 Å². The molecule has 0 saturated carbocycles. The van der Waals surface area contributed by atoms with E-state index in [1.165, 1.54) is 6.39 Å². The molecule has 1 atom stereocenters. The van der Waals surface area contributed by atoms with Crippen molar-refractivity contribution < 1.29 is 13.9 Å². The van der Waals surface area contributed by atoms with Gasteiger partial charge < -0.3 is 14.9 Å². The molecule has 0 radical (unpaired) electrons. The molecule has 0 bridgehead atoms. The van der Waals surface area contributed by atoms with Crippen molar-refractivity contribution in [2.24, 2.45) is 5.73 Å². The van der Waals surface area contributed by atoms with Crippen molar-refractivity contribution in [1.29, 1.82) is 0 Å². The maximum Gasteiger partial charge on any atom is 0.323 e. The van der Waals surface area contributed by atoms with Crippen molar-refractivity contribution >= 4 is 17.1 Å². The number of carbonyl (C=O) groups excluding carboxylic acids is 1. The third-order valence-corrected chi connectivity index (χ3v) is 2.44. The lowest BCUT2D eigenvalue weighted by Crippen LogP contribution is -2.34. The number of hydrogen-bond acceptors (Lipinski definition) is 5. The fraction of sp³-hybridized carbons (Fsp3) is 0.333. The van der Waals surface area contributed by atoms with E-state index in [-0.39, 0.29) is 5.97 Å². The summed E-state index contributed by atoms with van der Waals surface area (Å²) in [6.45, 7) is 2.10. The minimum atomic E-state index is -0.640. The van der Waals surface area contributed by atoms with E-state index in [4.69, 9.17) is 14.9 Å². The number of ether oxygens (including phenoxy) is 1. The third-order valence-electron chi connectivity index (χ3n) is 2.44. The highest BCUT2D eigenvalue weighted by Crippen LogP contribution is 2.15. The van der Waals surface area contributed by atoms with Gasteiger partial charge >= 0.3 is 5.97 Å². The number of benzene rings is 1. The Hall–Kier alpha value is -1.88. The van der Waals surface area contributed by atoms with Gasteiger partial charge in [0.1, 0.15) is 11.6 Å². The zero-order valence-corrected chi connectivity index (χ0v) is 9.55. The molecule has 1 unspecified atom stereocenters. The number of fused-ring (bicyclic) bond motifs is 1. The maximum atomic E-state index is 11.4. The molecular formula is C12H14N2O3. The van der Waals surface area contributed by atoms with Crippen LogP contribution in [0.2, 0.25) is 0 Å². The number of esters is 1. The summed E-state index contributed by atoms with van der Waals surface area (Å²) in [6, 6.07) is 4.90. The first-order valence-electron chi connectivity index (χ1n) is 5.45. The second kappa shape index (κ2) is 4.97. The van der Waals surface area contributed by atoms with Crippen LogP contribution < -0.4 is 5.73 Å². The average Bonchev–Trinajstić information content (AvgIpc) is 2.76. The minimum absolute atomic E-state index is 0.342. The van der Waals surface area contributed by atoms with Gasteiger partial charge in [-0.15, -0.1) is 0 Å². The molecule has 0 aliphatic heterocycles. The van der Waals surface area contributed by atoms with Crippen molar-refractivity contribution in [3.8, 4) is 0 Å². The molecular weight excluding hydrogens is 220 g/mol. The molecule has 0 fully saturated rings. The van der Waals surface area contributed by atoms with Gasteiger partial charge in [-0.1, -0.05) is 6.07 Å². The Labute approximate surface area is 98.6 Å². The first-order valence-corrected chi connectivity index (χ1v) is 5.45. The molecule has 5 heteroatoms. The number of nitrogens with two attached hydrogens (primary N) is 1. The predicted molar refractivity (Wildman–Crippen MR) is 62.3 cm³/mol. The lowest BCUT2D eigenvalue weighted by molar-refractivity contribution is -0.144. The van der Waals surface area contributed by atoms with E-state index in [0.717, 1.165) is 16.7 Å². The second-order valence-electron chi connectivity index (χ2n) is 3.72. The quantitative estimate of drug-likeness (QED) is 0.806. The highest BCUT2D eigenvalue weighted by atomic mass is 16.5. The van der Waals surface area contributed by atoms with Gasteiger partial charge in [0, 0.05) is 0 Å². The predicted octanol–water partition coefficient (Wildman–Crippen LogP) is 1.26. The van der Waals surface area contributed by atoms with Crippen molar-refractivity contribution in [2.75, 3.05) is 6.61 Å². The van der Waals surface area contributed by atoms with Crippen LogP contribution in [0.4, 0.5) is 0 Å². The molecule has 1 aromatic heterocycles. The van der Waals surface area contributed by atoms with Crippen LogP contribution in [0.25, 0.3) is 11.1 Å². The number of aromatic nitrogens is 1. The number of rotatable bonds is 4. The molecule has 5 nitrogen and oxygen atoms in total. The van der Waals surface area contributed by atoms with Crippen LogP contribution in [0.1, 0.15) is 12.5 Å². The van der Waals surface area contributed by atoms with Crippen LogP contribution in [0.15, 0.2) is 29.0 Å². The topological polar surface area (TPSA) is 78.4 Å². The van der Waals surface area contributed by atoms with Gasteiger partial charge in [-0.25, -0.2) is 4.98 Å². The summed E-state index contributed by atoms with van der Waals surface area (Å²) >= 11 is 0. The summed E-state index contributed by atoms with van der Waals surface area (Å²) in [5.41, 5.74) is 8.16. The molecule has 2 aromatic rings. The smallest absolute Gasteiger partial charge is 0.323 e. The van der Waals surface area contributed by atoms with E-state index in [9.17, 15) is 4.79 Å². The number of hydrogen-bond donors (Lipinski definition) is 1. The minimum Gasteiger partial charge on any atom is -0.465 e. The van der Waals surface area contributed by atoms with Crippen LogP contribution in [0.5, 0.6) is 0 Å². The van der Waals surface area contributed by atoms with Crippen LogP contribution in [-0.2, 0) is 16.0 Å². The number of oxazole rings is 1. The summed E-state index contributed by atoms with van der Waals surface area (Å²) in [6.07, 6.45) is 1.82. The Morgan fingerprint density at radius 3 is 3.18 bits per heavy atom. The Morgan fingerprint density at radius 2 is 2.41 bits per heavy atom. The molecule has 2 rings (SSSR count). The van der Waals surface area contributed by atoms with Gasteiger partial charge in [0.05, 0.1) is 6.61 Å². The van der Waals surface area contributed by atoms with E-state index in [2.05, 4.69) is 4.98 Å². The van der Waals surface area contributed by atoms with Crippen molar-refractivity contribution in [2.45, 2.75) is 19.4 Å². The van der Waals surface area contributed by atoms with Crippen LogP contribution in [0, 0.1) is 0 Å². The molecule has 0 spiro atoms. The van der Waals surface area contributed by atoms with E-state index in [1.807, 2.05) is 18.2 Å². The third kappa shape index (κ3) is 2.62. The molecule has 1 heterocycles. The summed E-state index contributed by atoms with van der Waals surface area (Å²) in [5, 5.41) is 0. The maximum absolute atomic E-state index is 11.4. The Balaban J connectivity index is 2.09. The van der Waals surface area contributed by atoms with Gasteiger partial charge in [-0.05, 0) is 31.0 Å². The average molecular weight is 234 g/mol. The molecule has 17 heavy (non-hydrogen) atoms. The molecule has 90 valence electrons. The van der Waals surface area contributed by atoms with E-state index in [0.29, 0.717) is 13.0 Å². The highest BCUT2D eigenvalue weighted by Gasteiger charge is 2.15. The molecule has 0 aliphatic carbocycles. The lowest BCUT2D eigenvalue weighted by Gasteiger charge is -2.10. The fourth-order valence-electron chi connectivity index (χ4n) is 1.62.